The van der Waals surface area contributed by atoms with Gasteiger partial charge in [0.2, 0.25) is 5.91 Å². The summed E-state index contributed by atoms with van der Waals surface area (Å²) in [6.07, 6.45) is 6.27. The first-order valence-electron chi connectivity index (χ1n) is 8.87. The quantitative estimate of drug-likeness (QED) is 0.940. The van der Waals surface area contributed by atoms with Gasteiger partial charge in [0, 0.05) is 55.1 Å². The molecule has 1 aliphatic carbocycles. The van der Waals surface area contributed by atoms with Gasteiger partial charge in [-0.3, -0.25) is 4.79 Å². The van der Waals surface area contributed by atoms with E-state index in [4.69, 9.17) is 4.98 Å². The molecule has 0 bridgehead atoms. The number of rotatable bonds is 4. The number of hydrogen-bond donors (Lipinski definition) is 1. The standard InChI is InChI=1S/C19H24N4O/c1-12(2)19-21-9-15-16-11-23(10-13(16)8-17(15)22-19)18(24)6-5-14-4-3-7-20-14/h3-4,7,9,12-13,16,20H,5-6,8,10-11H2,1-2H3. The number of nitrogens with one attached hydrogen (secondary N) is 1. The van der Waals surface area contributed by atoms with Gasteiger partial charge in [-0.1, -0.05) is 13.8 Å². The van der Waals surface area contributed by atoms with Gasteiger partial charge in [-0.2, -0.15) is 0 Å². The van der Waals surface area contributed by atoms with Crippen molar-refractivity contribution in [2.45, 2.75) is 44.9 Å². The van der Waals surface area contributed by atoms with Crippen molar-refractivity contribution in [3.63, 3.8) is 0 Å². The van der Waals surface area contributed by atoms with E-state index in [0.717, 1.165) is 37.4 Å². The Labute approximate surface area is 142 Å². The minimum Gasteiger partial charge on any atom is -0.365 e. The van der Waals surface area contributed by atoms with Gasteiger partial charge in [0.15, 0.2) is 0 Å². The summed E-state index contributed by atoms with van der Waals surface area (Å²) in [5.41, 5.74) is 3.61. The summed E-state index contributed by atoms with van der Waals surface area (Å²) >= 11 is 0. The molecule has 0 saturated carbocycles. The van der Waals surface area contributed by atoms with E-state index in [1.807, 2.05) is 29.4 Å². The lowest BCUT2D eigenvalue weighted by molar-refractivity contribution is -0.130. The Bertz CT molecular complexity index is 738. The summed E-state index contributed by atoms with van der Waals surface area (Å²) in [4.78, 5) is 27.0. The minimum absolute atomic E-state index is 0.264. The first kappa shape index (κ1) is 15.4. The summed E-state index contributed by atoms with van der Waals surface area (Å²) in [5, 5.41) is 0. The number of H-pyrrole nitrogens is 1. The SMILES string of the molecule is CC(C)c1ncc2c(n1)CC1CN(C(=O)CCc3ccc[nH]3)CC21. The maximum atomic E-state index is 12.5. The largest absolute Gasteiger partial charge is 0.365 e. The number of aromatic amines is 1. The Hall–Kier alpha value is -2.17. The average Bonchev–Trinajstić information content (AvgIpc) is 3.27. The number of amides is 1. The second kappa shape index (κ2) is 6.04. The Morgan fingerprint density at radius 2 is 2.29 bits per heavy atom. The molecule has 2 aromatic rings. The maximum absolute atomic E-state index is 12.5. The topological polar surface area (TPSA) is 61.9 Å². The summed E-state index contributed by atoms with van der Waals surface area (Å²) in [5.74, 6) is 2.51. The first-order valence-corrected chi connectivity index (χ1v) is 8.87. The molecular formula is C19H24N4O. The second-order valence-corrected chi connectivity index (χ2v) is 7.35. The van der Waals surface area contributed by atoms with Crippen molar-refractivity contribution in [3.05, 3.63) is 47.3 Å². The van der Waals surface area contributed by atoms with Crippen LogP contribution in [0, 0.1) is 5.92 Å². The normalized spacial score (nSPS) is 22.0. The molecule has 2 unspecified atom stereocenters. The molecule has 2 atom stereocenters. The van der Waals surface area contributed by atoms with Crippen LogP contribution in [0.15, 0.2) is 24.5 Å². The third kappa shape index (κ3) is 2.72. The molecule has 3 heterocycles. The van der Waals surface area contributed by atoms with Crippen LogP contribution in [0.4, 0.5) is 0 Å². The zero-order chi connectivity index (χ0) is 16.7. The van der Waals surface area contributed by atoms with Crippen molar-refractivity contribution < 1.29 is 4.79 Å². The highest BCUT2D eigenvalue weighted by atomic mass is 16.2. The molecule has 5 nitrogen and oxygen atoms in total. The van der Waals surface area contributed by atoms with Crippen LogP contribution in [0.1, 0.15) is 54.9 Å². The molecule has 2 aliphatic rings. The number of carbonyl (C=O) groups excluding carboxylic acids is 1. The third-order valence-corrected chi connectivity index (χ3v) is 5.35. The monoisotopic (exact) mass is 324 g/mol. The van der Waals surface area contributed by atoms with Crippen LogP contribution >= 0.6 is 0 Å². The minimum atomic E-state index is 0.264. The van der Waals surface area contributed by atoms with E-state index in [1.165, 1.54) is 11.3 Å². The number of aryl methyl sites for hydroxylation is 1. The predicted molar refractivity (Wildman–Crippen MR) is 91.7 cm³/mol. The molecule has 1 saturated heterocycles. The highest BCUT2D eigenvalue weighted by molar-refractivity contribution is 5.77. The highest BCUT2D eigenvalue weighted by Gasteiger charge is 2.42. The second-order valence-electron chi connectivity index (χ2n) is 7.35. The highest BCUT2D eigenvalue weighted by Crippen LogP contribution is 2.42. The fourth-order valence-electron chi connectivity index (χ4n) is 4.00. The van der Waals surface area contributed by atoms with Gasteiger partial charge in [-0.25, -0.2) is 9.97 Å². The number of likely N-dealkylation sites (tertiary alicyclic amines) is 1. The molecule has 4 rings (SSSR count). The molecule has 1 aliphatic heterocycles. The maximum Gasteiger partial charge on any atom is 0.222 e. The van der Waals surface area contributed by atoms with Crippen LogP contribution in [0.3, 0.4) is 0 Å². The molecule has 5 heteroatoms. The number of nitrogens with zero attached hydrogens (tertiary/aromatic N) is 3. The van der Waals surface area contributed by atoms with E-state index in [-0.39, 0.29) is 5.91 Å². The number of fused-ring (bicyclic) bond motifs is 3. The van der Waals surface area contributed by atoms with Crippen LogP contribution in [-0.2, 0) is 17.6 Å². The summed E-state index contributed by atoms with van der Waals surface area (Å²) in [7, 11) is 0. The van der Waals surface area contributed by atoms with Gasteiger partial charge in [0.05, 0.1) is 0 Å². The van der Waals surface area contributed by atoms with Crippen molar-refractivity contribution in [1.29, 1.82) is 0 Å². The Balaban J connectivity index is 1.41. The van der Waals surface area contributed by atoms with Gasteiger partial charge in [-0.15, -0.1) is 0 Å². The van der Waals surface area contributed by atoms with E-state index in [9.17, 15) is 4.79 Å². The van der Waals surface area contributed by atoms with Crippen molar-refractivity contribution in [2.75, 3.05) is 13.1 Å². The Morgan fingerprint density at radius 3 is 3.04 bits per heavy atom. The molecule has 0 radical (unpaired) electrons. The fourth-order valence-corrected chi connectivity index (χ4v) is 4.00. The van der Waals surface area contributed by atoms with Gasteiger partial charge in [0.1, 0.15) is 5.82 Å². The molecule has 1 N–H and O–H groups in total. The fraction of sp³-hybridized carbons (Fsp3) is 0.526. The molecule has 1 fully saturated rings. The van der Waals surface area contributed by atoms with E-state index in [2.05, 4.69) is 23.8 Å². The van der Waals surface area contributed by atoms with E-state index in [1.54, 1.807) is 0 Å². The van der Waals surface area contributed by atoms with E-state index < -0.39 is 0 Å². The van der Waals surface area contributed by atoms with Crippen LogP contribution < -0.4 is 0 Å². The molecule has 126 valence electrons. The zero-order valence-electron chi connectivity index (χ0n) is 14.3. The lowest BCUT2D eigenvalue weighted by Crippen LogP contribution is -2.30. The molecule has 1 amide bonds. The predicted octanol–water partition coefficient (Wildman–Crippen LogP) is 2.66. The zero-order valence-corrected chi connectivity index (χ0v) is 14.3. The van der Waals surface area contributed by atoms with Gasteiger partial charge in [-0.05, 0) is 36.5 Å². The smallest absolute Gasteiger partial charge is 0.222 e. The van der Waals surface area contributed by atoms with E-state index in [0.29, 0.717) is 24.2 Å². The molecule has 2 aromatic heterocycles. The van der Waals surface area contributed by atoms with Crippen LogP contribution in [-0.4, -0.2) is 38.8 Å². The van der Waals surface area contributed by atoms with E-state index >= 15 is 0 Å². The molecule has 0 spiro atoms. The van der Waals surface area contributed by atoms with Crippen molar-refractivity contribution in [3.8, 4) is 0 Å². The Morgan fingerprint density at radius 1 is 1.42 bits per heavy atom. The van der Waals surface area contributed by atoms with Crippen LogP contribution in [0.25, 0.3) is 0 Å². The third-order valence-electron chi connectivity index (χ3n) is 5.35. The van der Waals surface area contributed by atoms with Crippen molar-refractivity contribution in [2.24, 2.45) is 5.92 Å². The van der Waals surface area contributed by atoms with Gasteiger partial charge in [0.25, 0.3) is 0 Å². The first-order chi connectivity index (χ1) is 11.6. The Kier molecular flexibility index (Phi) is 3.87. The lowest BCUT2D eigenvalue weighted by atomic mass is 9.97. The average molecular weight is 324 g/mol. The van der Waals surface area contributed by atoms with Gasteiger partial charge < -0.3 is 9.88 Å². The van der Waals surface area contributed by atoms with Crippen molar-refractivity contribution in [1.82, 2.24) is 19.9 Å². The summed E-state index contributed by atoms with van der Waals surface area (Å²) < 4.78 is 0. The molecule has 0 aromatic carbocycles. The van der Waals surface area contributed by atoms with Crippen LogP contribution in [0.2, 0.25) is 0 Å². The summed E-state index contributed by atoms with van der Waals surface area (Å²) in [6.45, 7) is 5.94. The van der Waals surface area contributed by atoms with Crippen LogP contribution in [0.5, 0.6) is 0 Å². The molecular weight excluding hydrogens is 300 g/mol. The lowest BCUT2D eigenvalue weighted by Gasteiger charge is -2.18. The number of aromatic nitrogens is 3. The number of hydrogen-bond acceptors (Lipinski definition) is 3. The summed E-state index contributed by atoms with van der Waals surface area (Å²) in [6, 6.07) is 4.01. The van der Waals surface area contributed by atoms with Gasteiger partial charge >= 0.3 is 0 Å². The number of carbonyl (C=O) groups is 1. The molecule has 24 heavy (non-hydrogen) atoms. The van der Waals surface area contributed by atoms with Crippen molar-refractivity contribution >= 4 is 5.91 Å².